The van der Waals surface area contributed by atoms with E-state index in [-0.39, 0.29) is 5.82 Å². The van der Waals surface area contributed by atoms with Gasteiger partial charge >= 0.3 is 0 Å². The van der Waals surface area contributed by atoms with E-state index in [9.17, 15) is 4.79 Å². The summed E-state index contributed by atoms with van der Waals surface area (Å²) in [4.78, 5) is 17.5. The van der Waals surface area contributed by atoms with Gasteiger partial charge in [-0.15, -0.1) is 15.3 Å². The van der Waals surface area contributed by atoms with Gasteiger partial charge in [-0.3, -0.25) is 4.79 Å². The van der Waals surface area contributed by atoms with Crippen LogP contribution in [0.15, 0.2) is 95.7 Å². The topological polar surface area (TPSA) is 98.7 Å². The molecule has 0 radical (unpaired) electrons. The quantitative estimate of drug-likeness (QED) is 0.467. The van der Waals surface area contributed by atoms with Crippen molar-refractivity contribution in [2.45, 2.75) is 0 Å². The van der Waals surface area contributed by atoms with E-state index in [0.29, 0.717) is 23.0 Å². The molecular weight excluding hydrogens is 392 g/mol. The van der Waals surface area contributed by atoms with Crippen molar-refractivity contribution in [3.05, 3.63) is 97.1 Å². The molecule has 31 heavy (non-hydrogen) atoms. The minimum Gasteiger partial charge on any atom is -0.423 e. The monoisotopic (exact) mass is 408 g/mol. The van der Waals surface area contributed by atoms with E-state index in [1.165, 1.54) is 6.39 Å². The molecule has 8 nitrogen and oxygen atoms in total. The highest BCUT2D eigenvalue weighted by atomic mass is 16.4. The van der Waals surface area contributed by atoms with Gasteiger partial charge in [-0.25, -0.2) is 9.67 Å². The van der Waals surface area contributed by atoms with Gasteiger partial charge < -0.3 is 9.73 Å². The largest absolute Gasteiger partial charge is 0.423 e. The van der Waals surface area contributed by atoms with Crippen LogP contribution < -0.4 is 5.32 Å². The van der Waals surface area contributed by atoms with Crippen LogP contribution in [0.25, 0.3) is 28.5 Å². The summed E-state index contributed by atoms with van der Waals surface area (Å²) in [6.07, 6.45) is 1.26. The Hall–Kier alpha value is -4.59. The standard InChI is InChI=1S/C23H16N6O2/c30-22(25-18-11-7-10-17(14-18)23-27-24-15-31-23)20-26-21(16-8-3-1-4-9-16)29(28-20)19-12-5-2-6-13-19/h1-15H,(H,25,30). The molecule has 0 bridgehead atoms. The van der Waals surface area contributed by atoms with Crippen LogP contribution in [0.5, 0.6) is 0 Å². The first-order valence-corrected chi connectivity index (χ1v) is 9.54. The number of hydrogen-bond donors (Lipinski definition) is 1. The lowest BCUT2D eigenvalue weighted by Crippen LogP contribution is -2.14. The van der Waals surface area contributed by atoms with Crippen LogP contribution in [0, 0.1) is 0 Å². The van der Waals surface area contributed by atoms with Crippen LogP contribution >= 0.6 is 0 Å². The van der Waals surface area contributed by atoms with Crippen molar-refractivity contribution >= 4 is 11.6 Å². The highest BCUT2D eigenvalue weighted by molar-refractivity contribution is 6.02. The SMILES string of the molecule is O=C(Nc1cccc(-c2nnco2)c1)c1nc(-c2ccccc2)n(-c2ccccc2)n1. The van der Waals surface area contributed by atoms with E-state index in [4.69, 9.17) is 4.42 Å². The fraction of sp³-hybridized carbons (Fsp3) is 0. The molecule has 0 atom stereocenters. The van der Waals surface area contributed by atoms with Gasteiger partial charge in [-0.2, -0.15) is 0 Å². The average molecular weight is 408 g/mol. The Bertz CT molecular complexity index is 1260. The summed E-state index contributed by atoms with van der Waals surface area (Å²) in [5, 5.41) is 14.9. The van der Waals surface area contributed by atoms with Crippen molar-refractivity contribution in [3.63, 3.8) is 0 Å². The maximum atomic E-state index is 12.9. The predicted octanol–water partition coefficient (Wildman–Crippen LogP) is 4.24. The van der Waals surface area contributed by atoms with Crippen molar-refractivity contribution in [1.82, 2.24) is 25.0 Å². The van der Waals surface area contributed by atoms with Crippen LogP contribution in [0.2, 0.25) is 0 Å². The highest BCUT2D eigenvalue weighted by Crippen LogP contribution is 2.23. The summed E-state index contributed by atoms with van der Waals surface area (Å²) in [6.45, 7) is 0. The molecule has 150 valence electrons. The molecular formula is C23H16N6O2. The summed E-state index contributed by atoms with van der Waals surface area (Å²) in [5.74, 6) is 0.589. The minimum atomic E-state index is -0.422. The maximum Gasteiger partial charge on any atom is 0.295 e. The lowest BCUT2D eigenvalue weighted by atomic mass is 10.2. The molecule has 2 aromatic heterocycles. The summed E-state index contributed by atoms with van der Waals surface area (Å²) in [6, 6.07) is 26.3. The van der Waals surface area contributed by atoms with Gasteiger partial charge in [0.25, 0.3) is 5.91 Å². The second kappa shape index (κ2) is 8.03. The normalized spacial score (nSPS) is 10.7. The van der Waals surface area contributed by atoms with Gasteiger partial charge in [0.15, 0.2) is 5.82 Å². The fourth-order valence-electron chi connectivity index (χ4n) is 3.15. The highest BCUT2D eigenvalue weighted by Gasteiger charge is 2.19. The van der Waals surface area contributed by atoms with Crippen molar-refractivity contribution in [1.29, 1.82) is 0 Å². The van der Waals surface area contributed by atoms with Gasteiger partial charge in [0, 0.05) is 16.8 Å². The van der Waals surface area contributed by atoms with Crippen molar-refractivity contribution in [2.75, 3.05) is 5.32 Å². The molecule has 2 heterocycles. The van der Waals surface area contributed by atoms with Crippen molar-refractivity contribution in [2.24, 2.45) is 0 Å². The lowest BCUT2D eigenvalue weighted by Gasteiger charge is -2.05. The first-order valence-electron chi connectivity index (χ1n) is 9.54. The van der Waals surface area contributed by atoms with E-state index in [2.05, 4.69) is 25.6 Å². The maximum absolute atomic E-state index is 12.9. The van der Waals surface area contributed by atoms with Crippen LogP contribution in [-0.4, -0.2) is 30.9 Å². The number of para-hydroxylation sites is 1. The van der Waals surface area contributed by atoms with Gasteiger partial charge in [0.1, 0.15) is 0 Å². The molecule has 5 aromatic rings. The molecule has 0 saturated heterocycles. The molecule has 0 aliphatic rings. The second-order valence-corrected chi connectivity index (χ2v) is 6.65. The zero-order chi connectivity index (χ0) is 21.0. The predicted molar refractivity (Wildman–Crippen MR) is 114 cm³/mol. The number of hydrogen-bond acceptors (Lipinski definition) is 6. The number of aromatic nitrogens is 5. The molecule has 1 N–H and O–H groups in total. The Morgan fingerprint density at radius 2 is 1.61 bits per heavy atom. The summed E-state index contributed by atoms with van der Waals surface area (Å²) < 4.78 is 6.88. The average Bonchev–Trinajstić information content (AvgIpc) is 3.51. The zero-order valence-electron chi connectivity index (χ0n) is 16.2. The van der Waals surface area contributed by atoms with E-state index < -0.39 is 5.91 Å². The number of nitrogens with zero attached hydrogens (tertiary/aromatic N) is 5. The molecule has 5 rings (SSSR count). The number of amides is 1. The fourth-order valence-corrected chi connectivity index (χ4v) is 3.15. The van der Waals surface area contributed by atoms with Crippen molar-refractivity contribution in [3.8, 4) is 28.5 Å². The Kier molecular flexibility index (Phi) is 4.78. The third kappa shape index (κ3) is 3.82. The van der Waals surface area contributed by atoms with E-state index in [0.717, 1.165) is 11.3 Å². The van der Waals surface area contributed by atoms with Crippen LogP contribution in [-0.2, 0) is 0 Å². The van der Waals surface area contributed by atoms with Gasteiger partial charge in [-0.1, -0.05) is 54.6 Å². The molecule has 0 spiro atoms. The number of rotatable bonds is 5. The van der Waals surface area contributed by atoms with Gasteiger partial charge in [-0.05, 0) is 30.3 Å². The Morgan fingerprint density at radius 1 is 0.871 bits per heavy atom. The molecule has 0 aliphatic carbocycles. The number of nitrogens with one attached hydrogen (secondary N) is 1. The third-order valence-corrected chi connectivity index (χ3v) is 4.57. The molecule has 3 aromatic carbocycles. The number of carbonyl (C=O) groups is 1. The third-order valence-electron chi connectivity index (χ3n) is 4.57. The second-order valence-electron chi connectivity index (χ2n) is 6.65. The smallest absolute Gasteiger partial charge is 0.295 e. The first-order chi connectivity index (χ1) is 15.3. The summed E-state index contributed by atoms with van der Waals surface area (Å²) in [5.41, 5.74) is 2.93. The van der Waals surface area contributed by atoms with Crippen LogP contribution in [0.1, 0.15) is 10.6 Å². The van der Waals surface area contributed by atoms with E-state index >= 15 is 0 Å². The molecule has 0 unspecified atom stereocenters. The minimum absolute atomic E-state index is 0.0610. The number of anilines is 1. The summed E-state index contributed by atoms with van der Waals surface area (Å²) >= 11 is 0. The summed E-state index contributed by atoms with van der Waals surface area (Å²) in [7, 11) is 0. The molecule has 1 amide bonds. The lowest BCUT2D eigenvalue weighted by molar-refractivity contribution is 0.101. The molecule has 0 fully saturated rings. The Labute approximate surface area is 177 Å². The molecule has 8 heteroatoms. The number of carbonyl (C=O) groups excluding carboxylic acids is 1. The van der Waals surface area contributed by atoms with E-state index in [1.807, 2.05) is 66.7 Å². The van der Waals surface area contributed by atoms with Crippen LogP contribution in [0.3, 0.4) is 0 Å². The molecule has 0 aliphatic heterocycles. The Balaban J connectivity index is 1.49. The van der Waals surface area contributed by atoms with Crippen LogP contribution in [0.4, 0.5) is 5.69 Å². The molecule has 0 saturated carbocycles. The van der Waals surface area contributed by atoms with Crippen molar-refractivity contribution < 1.29 is 9.21 Å². The first kappa shape index (κ1) is 18.4. The Morgan fingerprint density at radius 3 is 2.35 bits per heavy atom. The van der Waals surface area contributed by atoms with Gasteiger partial charge in [0.2, 0.25) is 18.1 Å². The van der Waals surface area contributed by atoms with Gasteiger partial charge in [0.05, 0.1) is 5.69 Å². The zero-order valence-corrected chi connectivity index (χ0v) is 16.2. The van der Waals surface area contributed by atoms with E-state index in [1.54, 1.807) is 22.9 Å². The number of benzene rings is 3.